The number of amides is 6. The molecule has 2 saturated carbocycles. The van der Waals surface area contributed by atoms with Crippen molar-refractivity contribution in [2.75, 3.05) is 52.6 Å². The van der Waals surface area contributed by atoms with Crippen LogP contribution < -0.4 is 0 Å². The summed E-state index contributed by atoms with van der Waals surface area (Å²) in [5, 5.41) is 0. The van der Waals surface area contributed by atoms with Gasteiger partial charge < -0.3 is 24.0 Å². The smallest absolute Gasteiger partial charge is 0.307 e. The van der Waals surface area contributed by atoms with Crippen molar-refractivity contribution in [2.45, 2.75) is 296 Å². The van der Waals surface area contributed by atoms with Gasteiger partial charge in [0, 0.05) is 96.1 Å². The number of ether oxygens (including phenoxy) is 3. The average molecular weight is 1510 g/mol. The Balaban J connectivity index is 0.000000276. The highest BCUT2D eigenvalue weighted by Crippen LogP contribution is 2.66. The Bertz CT molecular complexity index is 3310. The van der Waals surface area contributed by atoms with Crippen LogP contribution in [-0.2, 0) is 81.3 Å². The van der Waals surface area contributed by atoms with Crippen LogP contribution in [0.3, 0.4) is 0 Å². The second-order valence-corrected chi connectivity index (χ2v) is 38.4. The van der Waals surface area contributed by atoms with E-state index in [0.717, 1.165) is 64.2 Å². The number of nitrogens with zero attached hydrogens (tertiary/aromatic N) is 5. The van der Waals surface area contributed by atoms with Gasteiger partial charge >= 0.3 is 5.97 Å². The molecule has 6 aliphatic heterocycles. The predicted molar refractivity (Wildman–Crippen MR) is 411 cm³/mol. The number of allylic oxidation sites excluding steroid dienone is 2. The molecule has 0 unspecified atom stereocenters. The topological polar surface area (TPSA) is 292 Å². The van der Waals surface area contributed by atoms with Crippen molar-refractivity contribution in [3.05, 3.63) is 25.3 Å². The van der Waals surface area contributed by atoms with Crippen LogP contribution in [0.4, 0.5) is 0 Å². The number of likely N-dealkylation sites (tertiary alicyclic amines) is 2. The van der Waals surface area contributed by atoms with Gasteiger partial charge in [-0.05, 0) is 128 Å². The van der Waals surface area contributed by atoms with Crippen molar-refractivity contribution >= 4 is 82.2 Å². The molecule has 8 aliphatic rings. The summed E-state index contributed by atoms with van der Waals surface area (Å²) in [6.07, 6.45) is 17.1. The highest BCUT2D eigenvalue weighted by Gasteiger charge is 2.71. The highest BCUT2D eigenvalue weighted by molar-refractivity contribution is 6.38. The van der Waals surface area contributed by atoms with Crippen LogP contribution in [0.25, 0.3) is 0 Å². The van der Waals surface area contributed by atoms with Crippen LogP contribution in [0, 0.1) is 85.8 Å². The molecule has 0 spiro atoms. The van der Waals surface area contributed by atoms with Gasteiger partial charge in [-0.1, -0.05) is 160 Å². The van der Waals surface area contributed by atoms with Crippen molar-refractivity contribution in [1.29, 1.82) is 0 Å². The molecule has 6 saturated heterocycles. The Labute approximate surface area is 644 Å². The van der Waals surface area contributed by atoms with Crippen LogP contribution in [-0.4, -0.2) is 178 Å². The lowest BCUT2D eigenvalue weighted by molar-refractivity contribution is -0.160. The minimum absolute atomic E-state index is 0.00171. The summed E-state index contributed by atoms with van der Waals surface area (Å²) in [4.78, 5) is 192. The number of carbonyl (C=O) groups is 13. The zero-order valence-electron chi connectivity index (χ0n) is 68.8. The van der Waals surface area contributed by atoms with Gasteiger partial charge in [0.25, 0.3) is 0 Å². The molecule has 8 fully saturated rings. The van der Waals surface area contributed by atoms with Gasteiger partial charge in [0.05, 0.1) is 56.1 Å². The van der Waals surface area contributed by atoms with Crippen molar-refractivity contribution in [3.63, 3.8) is 0 Å². The zero-order valence-corrected chi connectivity index (χ0v) is 68.8. The molecular formula is C86H133N5O17. The minimum Gasteiger partial charge on any atom is -0.460 e. The van der Waals surface area contributed by atoms with Crippen molar-refractivity contribution < 1.29 is 81.3 Å². The van der Waals surface area contributed by atoms with Crippen LogP contribution in [0.5, 0.6) is 0 Å². The van der Waals surface area contributed by atoms with E-state index in [1.807, 2.05) is 48.5 Å². The normalized spacial score (nSPS) is 28.5. The lowest BCUT2D eigenvalue weighted by Gasteiger charge is -2.41. The molecule has 12 atom stereocenters. The van der Waals surface area contributed by atoms with Crippen LogP contribution in [0.15, 0.2) is 30.3 Å². The maximum atomic E-state index is 14.7. The molecule has 0 aromatic rings. The third kappa shape index (κ3) is 24.7. The monoisotopic (exact) mass is 1510 g/mol. The molecule has 0 N–H and O–H groups in total. The number of rotatable bonds is 19. The number of esters is 1. The van der Waals surface area contributed by atoms with Gasteiger partial charge in [-0.25, -0.2) is 9.79 Å². The van der Waals surface area contributed by atoms with E-state index in [1.54, 1.807) is 42.7 Å². The van der Waals surface area contributed by atoms with E-state index in [4.69, 9.17) is 14.2 Å². The number of imide groups is 2. The summed E-state index contributed by atoms with van der Waals surface area (Å²) < 4.78 is 17.6. The maximum absolute atomic E-state index is 14.7. The largest absolute Gasteiger partial charge is 0.460 e. The third-order valence-corrected chi connectivity index (χ3v) is 24.3. The molecule has 108 heavy (non-hydrogen) atoms. The molecule has 0 aromatic carbocycles. The second kappa shape index (κ2) is 38.1. The molecule has 22 nitrogen and oxygen atoms in total. The number of Topliss-reactive ketones (excluding diaryl/α,β-unsaturated/α-hetero) is 6. The third-order valence-electron chi connectivity index (χ3n) is 24.3. The fraction of sp³-hybridized carbons (Fsp3) is 0.791. The fourth-order valence-electron chi connectivity index (χ4n) is 17.4. The highest BCUT2D eigenvalue weighted by atomic mass is 16.6. The van der Waals surface area contributed by atoms with E-state index < -0.39 is 76.5 Å². The number of piperidine rings is 4. The van der Waals surface area contributed by atoms with Crippen molar-refractivity contribution in [2.24, 2.45) is 90.7 Å². The molecule has 8 rings (SSSR count). The van der Waals surface area contributed by atoms with E-state index in [-0.39, 0.29) is 167 Å². The number of ketones is 6. The van der Waals surface area contributed by atoms with E-state index in [0.29, 0.717) is 84.1 Å². The van der Waals surface area contributed by atoms with Gasteiger partial charge in [-0.15, -0.1) is 13.2 Å². The Morgan fingerprint density at radius 3 is 1.31 bits per heavy atom. The number of hydrogen-bond donors (Lipinski definition) is 0. The molecule has 0 radical (unpaired) electrons. The Kier molecular flexibility index (Phi) is 31.9. The molecule has 6 heterocycles. The zero-order chi connectivity index (χ0) is 80.8. The first-order valence-corrected chi connectivity index (χ1v) is 40.4. The number of carbonyl (C=O) groups excluding carboxylic acids is 14. The SMILES string of the molecule is C=CCCC(=O)C(=O)[C@@H]1CCCCCCCOC[C@H](CC(=O)OC(C)(C)C)C(=O)N2C[C@H]3[C@@H]([C@H]2C(=O)C1)C3(C)C.C=CCCC(=O)C(=O)[C@@H]1CCCCCCCOC[C@H](C[C@H](CN2C(=O)CC(C)(C)CC2=O)C(C)(C)C)C(=O)N2C[C@H]3[C@@H]([C@H]2C(=O)C1)C3(C)C.CC1(C)CC(=O)N(C[C@@H](N=C=O)C(C)(C)C)C(=O)C1. The first-order chi connectivity index (χ1) is 50.2. The minimum atomic E-state index is -0.753. The molecule has 2 aliphatic carbocycles. The molecule has 0 aromatic heterocycles. The number of hydrogen-bond acceptors (Lipinski definition) is 18. The first kappa shape index (κ1) is 90.4. The van der Waals surface area contributed by atoms with Gasteiger partial charge in [-0.2, -0.15) is 0 Å². The molecule has 22 heteroatoms. The summed E-state index contributed by atoms with van der Waals surface area (Å²) >= 11 is 0. The second-order valence-electron chi connectivity index (χ2n) is 38.4. The molecular weight excluding hydrogens is 1370 g/mol. The van der Waals surface area contributed by atoms with Crippen LogP contribution in [0.1, 0.15) is 272 Å². The summed E-state index contributed by atoms with van der Waals surface area (Å²) in [6.45, 7) is 43.4. The summed E-state index contributed by atoms with van der Waals surface area (Å²) in [7, 11) is 0. The predicted octanol–water partition coefficient (Wildman–Crippen LogP) is 13.1. The van der Waals surface area contributed by atoms with E-state index in [2.05, 4.69) is 66.6 Å². The van der Waals surface area contributed by atoms with Crippen molar-refractivity contribution in [1.82, 2.24) is 19.6 Å². The number of isocyanates is 1. The van der Waals surface area contributed by atoms with E-state index >= 15 is 0 Å². The standard InChI is InChI=1S/C40H62N2O7.C32H49NO7.C14H22N2O3/c1-9-10-17-30(43)36(47)26-16-14-12-11-13-15-18-49-25-27(37(48)42-24-29-34(40(29,7)8)35(42)31(44)20-26)19-28(38(2,3)4)23-41-32(45)21-39(5,6)22-33(41)46;1-7-8-15-24(34)29(37)21-14-12-10-9-11-13-16-39-20-22(18-26(36)40-31(2,3)4)30(38)33-19-23-27(32(23,5)6)28(33)25(35)17-21;1-13(2,3)10(15-9-17)8-16-11(18)6-14(4,5)7-12(16)19/h9,26-29,34-35H,1,10-25H2,2-8H3;7,21-23,27-28H,1,8-20H2,2-6H3;10H,6-8H2,1-5H3/t26-,27+,28-,29+,34+,35-;21-,22+,23+,27+,28-;10-/m111/s1. The fourth-order valence-corrected chi connectivity index (χ4v) is 17.4. The first-order valence-electron chi connectivity index (χ1n) is 40.4. The lowest BCUT2D eigenvalue weighted by Crippen LogP contribution is -2.51. The quantitative estimate of drug-likeness (QED) is 0.0290. The van der Waals surface area contributed by atoms with Crippen molar-refractivity contribution in [3.8, 4) is 0 Å². The van der Waals surface area contributed by atoms with Gasteiger partial charge in [0.15, 0.2) is 23.1 Å². The molecule has 0 bridgehead atoms. The Morgan fingerprint density at radius 1 is 0.546 bits per heavy atom. The van der Waals surface area contributed by atoms with E-state index in [9.17, 15) is 67.1 Å². The molecule has 604 valence electrons. The Hall–Kier alpha value is -6.51. The van der Waals surface area contributed by atoms with Gasteiger partial charge in [0.1, 0.15) is 5.60 Å². The summed E-state index contributed by atoms with van der Waals surface area (Å²) in [5.74, 6) is -6.19. The number of fused-ring (bicyclic) bond motifs is 6. The molecule has 6 amide bonds. The van der Waals surface area contributed by atoms with E-state index in [1.165, 1.54) is 15.9 Å². The number of aliphatic imine (C=N–C) groups is 1. The maximum Gasteiger partial charge on any atom is 0.307 e. The lowest BCUT2D eigenvalue weighted by atomic mass is 9.74. The van der Waals surface area contributed by atoms with Crippen LogP contribution >= 0.6 is 0 Å². The average Bonchev–Trinajstić information content (AvgIpc) is 1.53. The van der Waals surface area contributed by atoms with Crippen LogP contribution in [0.2, 0.25) is 0 Å². The van der Waals surface area contributed by atoms with Gasteiger partial charge in [-0.3, -0.25) is 72.1 Å². The summed E-state index contributed by atoms with van der Waals surface area (Å²) in [5.41, 5.74) is -2.14. The van der Waals surface area contributed by atoms with Gasteiger partial charge in [0.2, 0.25) is 53.1 Å². The Morgan fingerprint density at radius 2 is 0.926 bits per heavy atom. The summed E-state index contributed by atoms with van der Waals surface area (Å²) in [6, 6.07) is -1.73.